The molecule has 1 fully saturated rings. The van der Waals surface area contributed by atoms with Gasteiger partial charge < -0.3 is 9.47 Å². The summed E-state index contributed by atoms with van der Waals surface area (Å²) >= 11 is 10.5. The van der Waals surface area contributed by atoms with Crippen LogP contribution in [-0.2, 0) is 17.9 Å². The summed E-state index contributed by atoms with van der Waals surface area (Å²) in [6.45, 7) is 7.41. The van der Waals surface area contributed by atoms with Crippen LogP contribution in [0.4, 0.5) is 0 Å². The molecule has 0 atom stereocenters. The molecule has 3 aromatic carbocycles. The molecule has 0 saturated carbocycles. The molecule has 4 nitrogen and oxygen atoms in total. The van der Waals surface area contributed by atoms with Gasteiger partial charge in [-0.25, -0.2) is 0 Å². The third-order valence-electron chi connectivity index (χ3n) is 5.47. The zero-order valence-corrected chi connectivity index (χ0v) is 23.1. The van der Waals surface area contributed by atoms with Crippen molar-refractivity contribution in [1.82, 2.24) is 4.90 Å². The molecular weight excluding hydrogens is 542 g/mol. The number of carbonyl (C=O) groups excluding carboxylic acids is 1. The largest absolute Gasteiger partial charge is 0.490 e. The quantitative estimate of drug-likeness (QED) is 0.209. The molecular formula is C28H26BrNO3S2. The van der Waals surface area contributed by atoms with Crippen LogP contribution in [0.25, 0.3) is 6.08 Å². The van der Waals surface area contributed by atoms with Gasteiger partial charge in [-0.1, -0.05) is 83.6 Å². The van der Waals surface area contributed by atoms with Crippen LogP contribution in [0.3, 0.4) is 0 Å². The van der Waals surface area contributed by atoms with Crippen molar-refractivity contribution in [3.63, 3.8) is 0 Å². The van der Waals surface area contributed by atoms with Crippen molar-refractivity contribution in [2.45, 2.75) is 33.9 Å². The summed E-state index contributed by atoms with van der Waals surface area (Å²) in [5.74, 6) is 1.17. The van der Waals surface area contributed by atoms with Gasteiger partial charge in [0, 0.05) is 0 Å². The number of nitrogens with zero attached hydrogens (tertiary/aromatic N) is 1. The molecule has 1 amide bonds. The average Bonchev–Trinajstić information content (AvgIpc) is 3.08. The van der Waals surface area contributed by atoms with Crippen LogP contribution in [0, 0.1) is 13.8 Å². The Kier molecular flexibility index (Phi) is 8.31. The Bertz CT molecular complexity index is 1270. The first-order chi connectivity index (χ1) is 16.8. The molecule has 0 N–H and O–H groups in total. The summed E-state index contributed by atoms with van der Waals surface area (Å²) in [5.41, 5.74) is 5.34. The summed E-state index contributed by atoms with van der Waals surface area (Å²) in [6, 6.07) is 20.2. The highest BCUT2D eigenvalue weighted by atomic mass is 79.9. The number of carbonyl (C=O) groups is 1. The minimum absolute atomic E-state index is 0.0886. The second-order valence-electron chi connectivity index (χ2n) is 8.29. The minimum Gasteiger partial charge on any atom is -0.490 e. The van der Waals surface area contributed by atoms with Gasteiger partial charge in [-0.2, -0.15) is 0 Å². The molecule has 0 unspecified atom stereocenters. The normalized spacial score (nSPS) is 14.6. The number of aryl methyl sites for hydroxylation is 2. The standard InChI is InChI=1S/C28H26BrNO3S2/c1-4-32-24-14-22(13-23(29)26(24)33-17-21-11-7-19(3)8-12-21)15-25-27(31)30(28(34)35-25)16-20-9-5-18(2)6-10-20/h5-15H,4,16-17H2,1-3H3/b25-15-. The van der Waals surface area contributed by atoms with Crippen LogP contribution in [0.2, 0.25) is 0 Å². The molecule has 4 rings (SSSR count). The van der Waals surface area contributed by atoms with Gasteiger partial charge >= 0.3 is 0 Å². The fraction of sp³-hybridized carbons (Fsp3) is 0.214. The third-order valence-corrected chi connectivity index (χ3v) is 7.43. The van der Waals surface area contributed by atoms with Crippen molar-refractivity contribution in [2.75, 3.05) is 6.61 Å². The summed E-state index contributed by atoms with van der Waals surface area (Å²) in [7, 11) is 0. The Labute approximate surface area is 224 Å². The maximum absolute atomic E-state index is 13.1. The molecule has 0 aliphatic carbocycles. The van der Waals surface area contributed by atoms with Crippen molar-refractivity contribution < 1.29 is 14.3 Å². The Morgan fingerprint density at radius 2 is 1.60 bits per heavy atom. The van der Waals surface area contributed by atoms with Gasteiger partial charge in [0.2, 0.25) is 0 Å². The van der Waals surface area contributed by atoms with E-state index in [0.29, 0.717) is 40.5 Å². The maximum atomic E-state index is 13.1. The van der Waals surface area contributed by atoms with E-state index in [1.165, 1.54) is 22.9 Å². The first-order valence-electron chi connectivity index (χ1n) is 11.3. The molecule has 0 aromatic heterocycles. The predicted molar refractivity (Wildman–Crippen MR) is 151 cm³/mol. The number of hydrogen-bond acceptors (Lipinski definition) is 5. The topological polar surface area (TPSA) is 38.8 Å². The minimum atomic E-state index is -0.0886. The fourth-order valence-electron chi connectivity index (χ4n) is 3.58. The van der Waals surface area contributed by atoms with Crippen molar-refractivity contribution in [3.8, 4) is 11.5 Å². The Hall–Kier alpha value is -2.61. The van der Waals surface area contributed by atoms with E-state index in [9.17, 15) is 4.79 Å². The number of thioether (sulfide) groups is 1. The SMILES string of the molecule is CCOc1cc(/C=C2\SC(=S)N(Cc3ccc(C)cc3)C2=O)cc(Br)c1OCc1ccc(C)cc1. The summed E-state index contributed by atoms with van der Waals surface area (Å²) < 4.78 is 13.3. The van der Waals surface area contributed by atoms with Gasteiger partial charge in [0.25, 0.3) is 5.91 Å². The molecule has 1 aliphatic heterocycles. The highest BCUT2D eigenvalue weighted by Crippen LogP contribution is 2.40. The summed E-state index contributed by atoms with van der Waals surface area (Å²) in [6.07, 6.45) is 1.85. The molecule has 35 heavy (non-hydrogen) atoms. The number of rotatable bonds is 8. The molecule has 180 valence electrons. The van der Waals surface area contributed by atoms with Crippen LogP contribution in [0.1, 0.15) is 34.7 Å². The monoisotopic (exact) mass is 567 g/mol. The van der Waals surface area contributed by atoms with Crippen molar-refractivity contribution >= 4 is 56.2 Å². The number of halogens is 1. The Balaban J connectivity index is 1.54. The third kappa shape index (κ3) is 6.34. The maximum Gasteiger partial charge on any atom is 0.266 e. The number of ether oxygens (including phenoxy) is 2. The van der Waals surface area contributed by atoms with Crippen molar-refractivity contribution in [2.24, 2.45) is 0 Å². The van der Waals surface area contributed by atoms with E-state index in [4.69, 9.17) is 21.7 Å². The van der Waals surface area contributed by atoms with E-state index >= 15 is 0 Å². The van der Waals surface area contributed by atoms with Gasteiger partial charge in [0.15, 0.2) is 11.5 Å². The molecule has 7 heteroatoms. The van der Waals surface area contributed by atoms with E-state index in [1.807, 2.05) is 56.3 Å². The van der Waals surface area contributed by atoms with Crippen LogP contribution >= 0.6 is 39.9 Å². The molecule has 0 radical (unpaired) electrons. The summed E-state index contributed by atoms with van der Waals surface area (Å²) in [5, 5.41) is 0. The van der Waals surface area contributed by atoms with E-state index in [1.54, 1.807) is 4.90 Å². The van der Waals surface area contributed by atoms with Crippen molar-refractivity contribution in [3.05, 3.63) is 97.9 Å². The number of hydrogen-bond donors (Lipinski definition) is 0. The van der Waals surface area contributed by atoms with Gasteiger partial charge in [0.1, 0.15) is 10.9 Å². The first-order valence-corrected chi connectivity index (χ1v) is 13.3. The lowest BCUT2D eigenvalue weighted by Crippen LogP contribution is -2.27. The number of amides is 1. The smallest absolute Gasteiger partial charge is 0.266 e. The van der Waals surface area contributed by atoms with E-state index in [0.717, 1.165) is 21.2 Å². The number of benzene rings is 3. The van der Waals surface area contributed by atoms with E-state index in [2.05, 4.69) is 47.1 Å². The highest BCUT2D eigenvalue weighted by Gasteiger charge is 2.32. The lowest BCUT2D eigenvalue weighted by molar-refractivity contribution is -0.122. The van der Waals surface area contributed by atoms with Gasteiger partial charge in [0.05, 0.1) is 22.5 Å². The molecule has 1 aliphatic rings. The second-order valence-corrected chi connectivity index (χ2v) is 10.8. The van der Waals surface area contributed by atoms with E-state index in [-0.39, 0.29) is 5.91 Å². The Morgan fingerprint density at radius 3 is 2.23 bits per heavy atom. The molecule has 1 heterocycles. The molecule has 0 spiro atoms. The van der Waals surface area contributed by atoms with Gasteiger partial charge in [-0.05, 0) is 71.6 Å². The van der Waals surface area contributed by atoms with Crippen LogP contribution in [0.5, 0.6) is 11.5 Å². The Morgan fingerprint density at radius 1 is 0.971 bits per heavy atom. The zero-order valence-electron chi connectivity index (χ0n) is 19.8. The molecule has 3 aromatic rings. The molecule has 1 saturated heterocycles. The van der Waals surface area contributed by atoms with E-state index < -0.39 is 0 Å². The first kappa shape index (κ1) is 25.5. The molecule has 0 bridgehead atoms. The number of thiocarbonyl (C=S) groups is 1. The lowest BCUT2D eigenvalue weighted by atomic mass is 10.1. The predicted octanol–water partition coefficient (Wildman–Crippen LogP) is 7.45. The van der Waals surface area contributed by atoms with Gasteiger partial charge in [-0.15, -0.1) is 0 Å². The van der Waals surface area contributed by atoms with Crippen LogP contribution < -0.4 is 9.47 Å². The summed E-state index contributed by atoms with van der Waals surface area (Å²) in [4.78, 5) is 15.4. The lowest BCUT2D eigenvalue weighted by Gasteiger charge is -2.15. The van der Waals surface area contributed by atoms with Gasteiger partial charge in [-0.3, -0.25) is 9.69 Å². The second kappa shape index (κ2) is 11.4. The van der Waals surface area contributed by atoms with Crippen LogP contribution in [0.15, 0.2) is 70.0 Å². The van der Waals surface area contributed by atoms with Crippen molar-refractivity contribution in [1.29, 1.82) is 0 Å². The highest BCUT2D eigenvalue weighted by molar-refractivity contribution is 9.10. The average molecular weight is 569 g/mol. The zero-order chi connectivity index (χ0) is 24.9. The fourth-order valence-corrected chi connectivity index (χ4v) is 5.41. The van der Waals surface area contributed by atoms with Crippen LogP contribution in [-0.4, -0.2) is 21.7 Å².